The number of carboxylic acids is 1. The van der Waals surface area contributed by atoms with Crippen LogP contribution in [-0.2, 0) is 0 Å². The summed E-state index contributed by atoms with van der Waals surface area (Å²) in [5, 5.41) is 11.8. The van der Waals surface area contributed by atoms with Gasteiger partial charge in [-0.3, -0.25) is 4.79 Å². The van der Waals surface area contributed by atoms with Gasteiger partial charge in [0.25, 0.3) is 5.91 Å². The number of aromatic carboxylic acids is 1. The summed E-state index contributed by atoms with van der Waals surface area (Å²) in [7, 11) is 0. The topological polar surface area (TPSA) is 69.6 Å². The average molecular weight is 278 g/mol. The van der Waals surface area contributed by atoms with E-state index in [1.54, 1.807) is 12.1 Å². The number of hydrogen-bond acceptors (Lipinski definition) is 3. The minimum absolute atomic E-state index is 0.0332. The number of hydrogen-bond donors (Lipinski definition) is 2. The van der Waals surface area contributed by atoms with Gasteiger partial charge >= 0.3 is 5.97 Å². The molecule has 0 unspecified atom stereocenters. The number of nitrogens with one attached hydrogen (secondary N) is 1. The zero-order chi connectivity index (χ0) is 15.0. The highest BCUT2D eigenvalue weighted by molar-refractivity contribution is 6.04. The Kier molecular flexibility index (Phi) is 6.73. The predicted octanol–water partition coefficient (Wildman–Crippen LogP) is 1.85. The van der Waals surface area contributed by atoms with E-state index in [1.165, 1.54) is 12.1 Å². The number of carbonyl (C=O) groups is 2. The van der Waals surface area contributed by atoms with Gasteiger partial charge in [0.1, 0.15) is 0 Å². The zero-order valence-corrected chi connectivity index (χ0v) is 12.1. The Morgan fingerprint density at radius 2 is 1.80 bits per heavy atom. The molecule has 5 nitrogen and oxygen atoms in total. The van der Waals surface area contributed by atoms with Crippen molar-refractivity contribution in [3.05, 3.63) is 35.4 Å². The number of amides is 1. The van der Waals surface area contributed by atoms with Crippen LogP contribution in [0.25, 0.3) is 0 Å². The lowest BCUT2D eigenvalue weighted by Gasteiger charge is -2.19. The second-order valence-corrected chi connectivity index (χ2v) is 4.54. The monoisotopic (exact) mass is 278 g/mol. The van der Waals surface area contributed by atoms with E-state index in [1.807, 2.05) is 0 Å². The Morgan fingerprint density at radius 1 is 1.15 bits per heavy atom. The third kappa shape index (κ3) is 4.66. The molecule has 0 heterocycles. The molecular formula is C15H22N2O3. The molecule has 0 fully saturated rings. The maximum atomic E-state index is 12.0. The van der Waals surface area contributed by atoms with Crippen LogP contribution in [0.4, 0.5) is 0 Å². The summed E-state index contributed by atoms with van der Waals surface area (Å²) in [4.78, 5) is 25.3. The van der Waals surface area contributed by atoms with Crippen LogP contribution in [0.3, 0.4) is 0 Å². The fourth-order valence-corrected chi connectivity index (χ4v) is 2.03. The molecule has 0 atom stereocenters. The molecule has 0 aliphatic rings. The largest absolute Gasteiger partial charge is 0.478 e. The lowest BCUT2D eigenvalue weighted by Crippen LogP contribution is -2.35. The van der Waals surface area contributed by atoms with Crippen LogP contribution < -0.4 is 5.32 Å². The Balaban J connectivity index is 2.57. The quantitative estimate of drug-likeness (QED) is 0.761. The smallest absolute Gasteiger partial charge is 0.336 e. The molecule has 20 heavy (non-hydrogen) atoms. The summed E-state index contributed by atoms with van der Waals surface area (Å²) in [5.74, 6) is -1.42. The van der Waals surface area contributed by atoms with Gasteiger partial charge in [-0.05, 0) is 31.6 Å². The first-order chi connectivity index (χ1) is 9.60. The summed E-state index contributed by atoms with van der Waals surface area (Å²) in [6.45, 7) is 7.42. The van der Waals surface area contributed by atoms with E-state index in [4.69, 9.17) is 5.11 Å². The number of carbonyl (C=O) groups excluding carboxylic acids is 1. The van der Waals surface area contributed by atoms with Crippen molar-refractivity contribution in [3.63, 3.8) is 0 Å². The summed E-state index contributed by atoms with van der Waals surface area (Å²) >= 11 is 0. The standard InChI is InChI=1S/C15H22N2O3/c1-3-10-17(4-2)11-9-16-14(18)12-7-5-6-8-13(12)15(19)20/h5-8H,3-4,9-11H2,1-2H3,(H,16,18)(H,19,20). The van der Waals surface area contributed by atoms with E-state index < -0.39 is 5.97 Å². The number of likely N-dealkylation sites (N-methyl/N-ethyl adjacent to an activating group) is 1. The molecule has 0 aliphatic carbocycles. The molecule has 0 aliphatic heterocycles. The van der Waals surface area contributed by atoms with Crippen molar-refractivity contribution in [2.75, 3.05) is 26.2 Å². The molecule has 1 rings (SSSR count). The lowest BCUT2D eigenvalue weighted by molar-refractivity contribution is 0.0691. The molecule has 0 bridgehead atoms. The highest BCUT2D eigenvalue weighted by Gasteiger charge is 2.15. The van der Waals surface area contributed by atoms with Crippen LogP contribution in [-0.4, -0.2) is 48.1 Å². The number of nitrogens with zero attached hydrogens (tertiary/aromatic N) is 1. The predicted molar refractivity (Wildman–Crippen MR) is 78.1 cm³/mol. The number of benzene rings is 1. The highest BCUT2D eigenvalue weighted by atomic mass is 16.4. The van der Waals surface area contributed by atoms with Gasteiger partial charge in [0.2, 0.25) is 0 Å². The van der Waals surface area contributed by atoms with Crippen LogP contribution in [0.2, 0.25) is 0 Å². The van der Waals surface area contributed by atoms with Crippen LogP contribution in [0.5, 0.6) is 0 Å². The second-order valence-electron chi connectivity index (χ2n) is 4.54. The first kappa shape index (κ1) is 16.2. The molecule has 5 heteroatoms. The van der Waals surface area contributed by atoms with Crippen molar-refractivity contribution in [2.45, 2.75) is 20.3 Å². The van der Waals surface area contributed by atoms with E-state index in [2.05, 4.69) is 24.1 Å². The van der Waals surface area contributed by atoms with Gasteiger partial charge in [-0.1, -0.05) is 26.0 Å². The van der Waals surface area contributed by atoms with Crippen molar-refractivity contribution in [3.8, 4) is 0 Å². The molecule has 2 N–H and O–H groups in total. The Bertz CT molecular complexity index is 460. The van der Waals surface area contributed by atoms with Crippen LogP contribution in [0, 0.1) is 0 Å². The molecule has 1 aromatic rings. The second kappa shape index (κ2) is 8.32. The number of carboxylic acid groups (broad SMARTS) is 1. The molecular weight excluding hydrogens is 256 g/mol. The summed E-state index contributed by atoms with van der Waals surface area (Å²) in [6.07, 6.45) is 1.07. The van der Waals surface area contributed by atoms with E-state index in [9.17, 15) is 9.59 Å². The van der Waals surface area contributed by atoms with Crippen molar-refractivity contribution in [1.29, 1.82) is 0 Å². The fourth-order valence-electron chi connectivity index (χ4n) is 2.03. The Hall–Kier alpha value is -1.88. The molecule has 110 valence electrons. The third-order valence-electron chi connectivity index (χ3n) is 3.10. The van der Waals surface area contributed by atoms with Gasteiger partial charge in [-0.2, -0.15) is 0 Å². The fraction of sp³-hybridized carbons (Fsp3) is 0.467. The number of rotatable bonds is 8. The van der Waals surface area contributed by atoms with Crippen molar-refractivity contribution in [1.82, 2.24) is 10.2 Å². The minimum atomic E-state index is -1.09. The minimum Gasteiger partial charge on any atom is -0.478 e. The molecule has 1 aromatic carbocycles. The van der Waals surface area contributed by atoms with Gasteiger partial charge in [0.05, 0.1) is 11.1 Å². The van der Waals surface area contributed by atoms with Gasteiger partial charge in [0.15, 0.2) is 0 Å². The van der Waals surface area contributed by atoms with Gasteiger partial charge < -0.3 is 15.3 Å². The molecule has 0 aromatic heterocycles. The summed E-state index contributed by atoms with van der Waals surface area (Å²) < 4.78 is 0. The molecule has 1 amide bonds. The summed E-state index contributed by atoms with van der Waals surface area (Å²) in [5.41, 5.74) is 0.240. The van der Waals surface area contributed by atoms with E-state index in [0.717, 1.165) is 26.1 Å². The Morgan fingerprint density at radius 3 is 2.35 bits per heavy atom. The average Bonchev–Trinajstić information content (AvgIpc) is 2.46. The summed E-state index contributed by atoms with van der Waals surface area (Å²) in [6, 6.07) is 6.24. The maximum absolute atomic E-state index is 12.0. The van der Waals surface area contributed by atoms with Crippen LogP contribution in [0.15, 0.2) is 24.3 Å². The van der Waals surface area contributed by atoms with Gasteiger partial charge in [-0.25, -0.2) is 4.79 Å². The molecule has 0 spiro atoms. The first-order valence-corrected chi connectivity index (χ1v) is 6.93. The first-order valence-electron chi connectivity index (χ1n) is 6.93. The van der Waals surface area contributed by atoms with Crippen molar-refractivity contribution >= 4 is 11.9 Å². The van der Waals surface area contributed by atoms with Crippen molar-refractivity contribution in [2.24, 2.45) is 0 Å². The van der Waals surface area contributed by atoms with Gasteiger partial charge in [-0.15, -0.1) is 0 Å². The normalized spacial score (nSPS) is 10.6. The molecule has 0 saturated carbocycles. The van der Waals surface area contributed by atoms with E-state index in [-0.39, 0.29) is 17.0 Å². The van der Waals surface area contributed by atoms with Crippen molar-refractivity contribution < 1.29 is 14.7 Å². The molecule has 0 radical (unpaired) electrons. The lowest BCUT2D eigenvalue weighted by atomic mass is 10.1. The Labute approximate surface area is 119 Å². The van der Waals surface area contributed by atoms with E-state index in [0.29, 0.717) is 6.54 Å². The van der Waals surface area contributed by atoms with Crippen LogP contribution in [0.1, 0.15) is 41.0 Å². The zero-order valence-electron chi connectivity index (χ0n) is 12.1. The third-order valence-corrected chi connectivity index (χ3v) is 3.10. The van der Waals surface area contributed by atoms with Gasteiger partial charge in [0, 0.05) is 13.1 Å². The van der Waals surface area contributed by atoms with Crippen LogP contribution >= 0.6 is 0 Å². The maximum Gasteiger partial charge on any atom is 0.336 e. The molecule has 0 saturated heterocycles. The van der Waals surface area contributed by atoms with E-state index >= 15 is 0 Å². The SMILES string of the molecule is CCCN(CC)CCNC(=O)c1ccccc1C(=O)O. The highest BCUT2D eigenvalue weighted by Crippen LogP contribution is 2.08.